The molecule has 0 heterocycles. The first-order valence-electron chi connectivity index (χ1n) is 8.79. The lowest BCUT2D eigenvalue weighted by Gasteiger charge is -2.14. The van der Waals surface area contributed by atoms with Gasteiger partial charge in [-0.2, -0.15) is 5.26 Å². The van der Waals surface area contributed by atoms with E-state index in [0.717, 1.165) is 11.1 Å². The number of sulfonamides is 1. The maximum atomic E-state index is 12.5. The van der Waals surface area contributed by atoms with Crippen molar-refractivity contribution in [2.45, 2.75) is 18.2 Å². The zero-order valence-electron chi connectivity index (χ0n) is 15.4. The van der Waals surface area contributed by atoms with Gasteiger partial charge in [0, 0.05) is 12.0 Å². The fraction of sp³-hybridized carbons (Fsp3) is 0.136. The monoisotopic (exact) mass is 392 g/mol. The van der Waals surface area contributed by atoms with Crippen molar-refractivity contribution < 1.29 is 13.2 Å². The number of nitrogens with zero attached hydrogens (tertiary/aromatic N) is 1. The fourth-order valence-corrected chi connectivity index (χ4v) is 3.85. The summed E-state index contributed by atoms with van der Waals surface area (Å²) in [5.41, 5.74) is 2.90. The van der Waals surface area contributed by atoms with Crippen LogP contribution < -0.4 is 9.46 Å². The second-order valence-corrected chi connectivity index (χ2v) is 7.94. The Bertz CT molecular complexity index is 1090. The molecule has 142 valence electrons. The summed E-state index contributed by atoms with van der Waals surface area (Å²) in [5.74, 6) is 0.627. The molecule has 3 aromatic rings. The van der Waals surface area contributed by atoms with Gasteiger partial charge < -0.3 is 4.74 Å². The van der Waals surface area contributed by atoms with Gasteiger partial charge in [0.2, 0.25) is 0 Å². The van der Waals surface area contributed by atoms with Crippen LogP contribution in [0.4, 0.5) is 5.69 Å². The maximum absolute atomic E-state index is 12.5. The van der Waals surface area contributed by atoms with Crippen LogP contribution in [-0.4, -0.2) is 15.0 Å². The minimum Gasteiger partial charge on any atom is -0.493 e. The number of hydrogen-bond donors (Lipinski definition) is 1. The molecule has 0 bridgehead atoms. The first kappa shape index (κ1) is 19.5. The van der Waals surface area contributed by atoms with Crippen molar-refractivity contribution in [1.82, 2.24) is 0 Å². The van der Waals surface area contributed by atoms with E-state index >= 15 is 0 Å². The first-order chi connectivity index (χ1) is 13.5. The molecular formula is C22H20N2O3S. The zero-order valence-corrected chi connectivity index (χ0v) is 16.2. The summed E-state index contributed by atoms with van der Waals surface area (Å²) in [5, 5.41) is 8.84. The zero-order chi connectivity index (χ0) is 20.0. The number of anilines is 1. The molecule has 1 N–H and O–H groups in total. The molecule has 0 aliphatic carbocycles. The molecule has 3 rings (SSSR count). The van der Waals surface area contributed by atoms with Crippen LogP contribution in [0.5, 0.6) is 5.75 Å². The highest BCUT2D eigenvalue weighted by Gasteiger charge is 2.16. The molecule has 28 heavy (non-hydrogen) atoms. The van der Waals surface area contributed by atoms with Crippen LogP contribution in [0.25, 0.3) is 0 Å². The topological polar surface area (TPSA) is 79.2 Å². The Morgan fingerprint density at radius 3 is 2.36 bits per heavy atom. The Labute approximate surface area is 165 Å². The largest absolute Gasteiger partial charge is 0.493 e. The van der Waals surface area contributed by atoms with Gasteiger partial charge in [-0.3, -0.25) is 4.72 Å². The van der Waals surface area contributed by atoms with Crippen molar-refractivity contribution in [2.75, 3.05) is 11.3 Å². The van der Waals surface area contributed by atoms with Crippen molar-refractivity contribution in [3.05, 3.63) is 89.5 Å². The molecule has 0 aliphatic heterocycles. The van der Waals surface area contributed by atoms with E-state index in [4.69, 9.17) is 10.00 Å². The molecule has 6 heteroatoms. The molecule has 0 spiro atoms. The van der Waals surface area contributed by atoms with Gasteiger partial charge in [-0.1, -0.05) is 36.4 Å². The molecule has 3 aromatic carbocycles. The Morgan fingerprint density at radius 2 is 1.68 bits per heavy atom. The van der Waals surface area contributed by atoms with Crippen LogP contribution in [-0.2, 0) is 16.4 Å². The summed E-state index contributed by atoms with van der Waals surface area (Å²) in [4.78, 5) is 0.210. The SMILES string of the molecule is Cc1c(NS(=O)(=O)c2ccccc2)cccc1OCCc1ccc(C#N)cc1. The summed E-state index contributed by atoms with van der Waals surface area (Å²) in [6.45, 7) is 2.27. The van der Waals surface area contributed by atoms with Gasteiger partial charge in [0.25, 0.3) is 10.0 Å². The summed E-state index contributed by atoms with van der Waals surface area (Å²) in [7, 11) is -3.65. The van der Waals surface area contributed by atoms with Gasteiger partial charge >= 0.3 is 0 Å². The number of rotatable bonds is 7. The normalized spacial score (nSPS) is 10.9. The number of nitrogens with one attached hydrogen (secondary N) is 1. The van der Waals surface area contributed by atoms with E-state index in [1.807, 2.05) is 25.1 Å². The molecule has 0 saturated heterocycles. The smallest absolute Gasteiger partial charge is 0.261 e. The Balaban J connectivity index is 1.68. The molecule has 0 aromatic heterocycles. The Kier molecular flexibility index (Phi) is 5.97. The van der Waals surface area contributed by atoms with Crippen molar-refractivity contribution >= 4 is 15.7 Å². The van der Waals surface area contributed by atoms with E-state index in [0.29, 0.717) is 30.0 Å². The van der Waals surface area contributed by atoms with E-state index < -0.39 is 10.0 Å². The summed E-state index contributed by atoms with van der Waals surface area (Å²) < 4.78 is 33.6. The van der Waals surface area contributed by atoms with E-state index in [9.17, 15) is 8.42 Å². The van der Waals surface area contributed by atoms with Gasteiger partial charge in [0.05, 0.1) is 28.8 Å². The van der Waals surface area contributed by atoms with Crippen LogP contribution in [0, 0.1) is 18.3 Å². The Morgan fingerprint density at radius 1 is 0.964 bits per heavy atom. The minimum absolute atomic E-state index is 0.210. The van der Waals surface area contributed by atoms with Crippen molar-refractivity contribution in [3.8, 4) is 11.8 Å². The number of benzene rings is 3. The van der Waals surface area contributed by atoms with Crippen molar-refractivity contribution in [3.63, 3.8) is 0 Å². The van der Waals surface area contributed by atoms with E-state index in [-0.39, 0.29) is 4.90 Å². The van der Waals surface area contributed by atoms with Crippen LogP contribution in [0.15, 0.2) is 77.7 Å². The van der Waals surface area contributed by atoms with E-state index in [1.165, 1.54) is 0 Å². The third-order valence-electron chi connectivity index (χ3n) is 4.31. The summed E-state index contributed by atoms with van der Waals surface area (Å²) in [6, 6.07) is 23.0. The van der Waals surface area contributed by atoms with Crippen LogP contribution in [0.1, 0.15) is 16.7 Å². The lowest BCUT2D eigenvalue weighted by atomic mass is 10.1. The quantitative estimate of drug-likeness (QED) is 0.650. The lowest BCUT2D eigenvalue weighted by Crippen LogP contribution is -2.14. The highest BCUT2D eigenvalue weighted by molar-refractivity contribution is 7.92. The predicted octanol–water partition coefficient (Wildman–Crippen LogP) is 4.29. The van der Waals surface area contributed by atoms with Crippen LogP contribution in [0.2, 0.25) is 0 Å². The Hall–Kier alpha value is -3.30. The minimum atomic E-state index is -3.65. The average Bonchev–Trinajstić information content (AvgIpc) is 2.72. The molecular weight excluding hydrogens is 372 g/mol. The highest BCUT2D eigenvalue weighted by Crippen LogP contribution is 2.27. The van der Waals surface area contributed by atoms with Gasteiger partial charge in [0.15, 0.2) is 0 Å². The number of hydrogen-bond acceptors (Lipinski definition) is 4. The first-order valence-corrected chi connectivity index (χ1v) is 10.3. The third-order valence-corrected chi connectivity index (χ3v) is 5.69. The summed E-state index contributed by atoms with van der Waals surface area (Å²) >= 11 is 0. The second-order valence-electron chi connectivity index (χ2n) is 6.25. The van der Waals surface area contributed by atoms with Gasteiger partial charge in [-0.25, -0.2) is 8.42 Å². The highest BCUT2D eigenvalue weighted by atomic mass is 32.2. The van der Waals surface area contributed by atoms with Gasteiger partial charge in [0.1, 0.15) is 5.75 Å². The summed E-state index contributed by atoms with van der Waals surface area (Å²) in [6.07, 6.45) is 0.686. The van der Waals surface area contributed by atoms with Gasteiger partial charge in [-0.05, 0) is 48.9 Å². The van der Waals surface area contributed by atoms with Crippen LogP contribution >= 0.6 is 0 Å². The van der Waals surface area contributed by atoms with Crippen LogP contribution in [0.3, 0.4) is 0 Å². The molecule has 0 aliphatic rings. The lowest BCUT2D eigenvalue weighted by molar-refractivity contribution is 0.320. The van der Waals surface area contributed by atoms with Gasteiger partial charge in [-0.15, -0.1) is 0 Å². The molecule has 0 atom stereocenters. The molecule has 0 unspecified atom stereocenters. The van der Waals surface area contributed by atoms with E-state index in [2.05, 4.69) is 10.8 Å². The molecule has 0 radical (unpaired) electrons. The molecule has 0 fully saturated rings. The molecule has 0 amide bonds. The second kappa shape index (κ2) is 8.59. The van der Waals surface area contributed by atoms with E-state index in [1.54, 1.807) is 54.6 Å². The average molecular weight is 392 g/mol. The molecule has 5 nitrogen and oxygen atoms in total. The van der Waals surface area contributed by atoms with Crippen molar-refractivity contribution in [2.24, 2.45) is 0 Å². The maximum Gasteiger partial charge on any atom is 0.261 e. The number of ether oxygens (including phenoxy) is 1. The van der Waals surface area contributed by atoms with Crippen molar-refractivity contribution in [1.29, 1.82) is 5.26 Å². The predicted molar refractivity (Wildman–Crippen MR) is 109 cm³/mol. The third kappa shape index (κ3) is 4.70. The number of nitriles is 1. The fourth-order valence-electron chi connectivity index (χ4n) is 2.71. The molecule has 0 saturated carbocycles. The standard InChI is InChI=1S/C22H20N2O3S/c1-17-21(24-28(25,26)20-6-3-2-4-7-20)8-5-9-22(17)27-15-14-18-10-12-19(16-23)13-11-18/h2-13,24H,14-15H2,1H3.